The first kappa shape index (κ1) is 24.3. The summed E-state index contributed by atoms with van der Waals surface area (Å²) in [6, 6.07) is 15.2. The Bertz CT molecular complexity index is 841. The Morgan fingerprint density at radius 2 is 1.83 bits per heavy atom. The van der Waals surface area contributed by atoms with E-state index in [1.165, 1.54) is 5.56 Å². The van der Waals surface area contributed by atoms with Crippen LogP contribution in [0.2, 0.25) is 5.02 Å². The minimum Gasteiger partial charge on any atom is -0.352 e. The average molecular weight is 447 g/mol. The molecule has 2 aromatic carbocycles. The molecule has 0 heterocycles. The van der Waals surface area contributed by atoms with Gasteiger partial charge in [-0.1, -0.05) is 48.4 Å². The van der Waals surface area contributed by atoms with Crippen molar-refractivity contribution in [1.82, 2.24) is 10.2 Å². The van der Waals surface area contributed by atoms with Crippen molar-refractivity contribution in [2.24, 2.45) is 0 Å². The number of aryl methyl sites for hydroxylation is 1. The van der Waals surface area contributed by atoms with Gasteiger partial charge in [-0.25, -0.2) is 0 Å². The van der Waals surface area contributed by atoms with Gasteiger partial charge in [0, 0.05) is 34.7 Å². The first-order valence-corrected chi connectivity index (χ1v) is 11.7. The molecular formula is C24H31ClN2O2S. The fourth-order valence-electron chi connectivity index (χ4n) is 2.91. The van der Waals surface area contributed by atoms with Crippen LogP contribution in [-0.4, -0.2) is 34.6 Å². The quantitative estimate of drug-likeness (QED) is 0.493. The Morgan fingerprint density at radius 3 is 2.47 bits per heavy atom. The third-order valence-electron chi connectivity index (χ3n) is 5.02. The predicted octanol–water partition coefficient (Wildman–Crippen LogP) is 5.46. The number of carbonyl (C=O) groups is 2. The highest BCUT2D eigenvalue weighted by Crippen LogP contribution is 2.21. The minimum absolute atomic E-state index is 0.0404. The Balaban J connectivity index is 2.07. The molecule has 2 amide bonds. The second-order valence-electron chi connectivity index (χ2n) is 7.56. The van der Waals surface area contributed by atoms with E-state index in [2.05, 4.69) is 36.5 Å². The molecule has 6 heteroatoms. The zero-order valence-corrected chi connectivity index (χ0v) is 19.7. The Kier molecular flexibility index (Phi) is 9.73. The van der Waals surface area contributed by atoms with Crippen LogP contribution >= 0.6 is 23.4 Å². The number of nitrogens with zero attached hydrogens (tertiary/aromatic N) is 1. The molecule has 2 rings (SSSR count). The molecule has 0 unspecified atom stereocenters. The summed E-state index contributed by atoms with van der Waals surface area (Å²) in [5, 5.41) is 3.60. The van der Waals surface area contributed by atoms with Crippen LogP contribution in [0.3, 0.4) is 0 Å². The van der Waals surface area contributed by atoms with Crippen LogP contribution in [0.5, 0.6) is 0 Å². The molecule has 4 nitrogen and oxygen atoms in total. The number of nitrogens with one attached hydrogen (secondary N) is 1. The van der Waals surface area contributed by atoms with Gasteiger partial charge in [-0.05, 0) is 57.0 Å². The van der Waals surface area contributed by atoms with Gasteiger partial charge in [0.2, 0.25) is 11.8 Å². The molecule has 0 aliphatic heterocycles. The van der Waals surface area contributed by atoms with Crippen LogP contribution in [0.1, 0.15) is 44.7 Å². The highest BCUT2D eigenvalue weighted by molar-refractivity contribution is 7.99. The van der Waals surface area contributed by atoms with E-state index in [-0.39, 0.29) is 17.9 Å². The summed E-state index contributed by atoms with van der Waals surface area (Å²) in [5.41, 5.74) is 2.12. The molecular weight excluding hydrogens is 416 g/mol. The van der Waals surface area contributed by atoms with Crippen LogP contribution in [0.4, 0.5) is 0 Å². The molecule has 30 heavy (non-hydrogen) atoms. The Hall–Kier alpha value is -1.98. The van der Waals surface area contributed by atoms with Gasteiger partial charge in [0.1, 0.15) is 6.04 Å². The Labute approximate surface area is 189 Å². The molecule has 0 aromatic heterocycles. The van der Waals surface area contributed by atoms with E-state index in [9.17, 15) is 9.59 Å². The SMILES string of the molecule is CC[C@@H](C)NC(=O)[C@@H](C)N(Cc1cccc(Cl)c1)C(=O)CCSc1ccc(C)cc1. The maximum Gasteiger partial charge on any atom is 0.242 e. The molecule has 0 bridgehead atoms. The summed E-state index contributed by atoms with van der Waals surface area (Å²) >= 11 is 7.76. The fraction of sp³-hybridized carbons (Fsp3) is 0.417. The number of hydrogen-bond donors (Lipinski definition) is 1. The van der Waals surface area contributed by atoms with Crippen LogP contribution < -0.4 is 5.32 Å². The lowest BCUT2D eigenvalue weighted by molar-refractivity contribution is -0.140. The summed E-state index contributed by atoms with van der Waals surface area (Å²) in [7, 11) is 0. The lowest BCUT2D eigenvalue weighted by atomic mass is 10.1. The third kappa shape index (κ3) is 7.69. The lowest BCUT2D eigenvalue weighted by Gasteiger charge is -2.29. The normalized spacial score (nSPS) is 12.8. The van der Waals surface area contributed by atoms with Gasteiger partial charge in [0.15, 0.2) is 0 Å². The molecule has 0 aliphatic carbocycles. The number of benzene rings is 2. The van der Waals surface area contributed by atoms with E-state index >= 15 is 0 Å². The van der Waals surface area contributed by atoms with E-state index in [4.69, 9.17) is 11.6 Å². The lowest BCUT2D eigenvalue weighted by Crippen LogP contribution is -2.49. The van der Waals surface area contributed by atoms with Gasteiger partial charge in [-0.15, -0.1) is 11.8 Å². The maximum absolute atomic E-state index is 13.1. The number of halogens is 1. The van der Waals surface area contributed by atoms with Crippen molar-refractivity contribution >= 4 is 35.2 Å². The molecule has 0 spiro atoms. The molecule has 2 atom stereocenters. The smallest absolute Gasteiger partial charge is 0.242 e. The number of carbonyl (C=O) groups excluding carboxylic acids is 2. The highest BCUT2D eigenvalue weighted by Gasteiger charge is 2.26. The zero-order chi connectivity index (χ0) is 22.1. The van der Waals surface area contributed by atoms with Gasteiger partial charge >= 0.3 is 0 Å². The molecule has 1 N–H and O–H groups in total. The molecule has 162 valence electrons. The first-order valence-electron chi connectivity index (χ1n) is 10.3. The largest absolute Gasteiger partial charge is 0.352 e. The number of thioether (sulfide) groups is 1. The highest BCUT2D eigenvalue weighted by atomic mass is 35.5. The van der Waals surface area contributed by atoms with Crippen LogP contribution in [0.15, 0.2) is 53.4 Å². The van der Waals surface area contributed by atoms with Crippen molar-refractivity contribution in [1.29, 1.82) is 0 Å². The molecule has 0 aliphatic rings. The predicted molar refractivity (Wildman–Crippen MR) is 126 cm³/mol. The molecule has 0 radical (unpaired) electrons. The van der Waals surface area contributed by atoms with Gasteiger partial charge in [-0.2, -0.15) is 0 Å². The van der Waals surface area contributed by atoms with Gasteiger partial charge in [0.25, 0.3) is 0 Å². The topological polar surface area (TPSA) is 49.4 Å². The van der Waals surface area contributed by atoms with Crippen molar-refractivity contribution in [2.45, 2.75) is 64.1 Å². The Morgan fingerprint density at radius 1 is 1.13 bits per heavy atom. The summed E-state index contributed by atoms with van der Waals surface area (Å²) in [4.78, 5) is 28.6. The number of rotatable bonds is 10. The molecule has 0 fully saturated rings. The standard InChI is InChI=1S/C24H31ClN2O2S/c1-5-18(3)26-24(29)19(4)27(16-20-7-6-8-21(25)15-20)23(28)13-14-30-22-11-9-17(2)10-12-22/h6-12,15,18-19H,5,13-14,16H2,1-4H3,(H,26,29)/t18-,19-/m1/s1. The molecule has 0 saturated heterocycles. The van der Waals surface area contributed by atoms with Gasteiger partial charge in [-0.3, -0.25) is 9.59 Å². The third-order valence-corrected chi connectivity index (χ3v) is 6.26. The van der Waals surface area contributed by atoms with Gasteiger partial charge in [0.05, 0.1) is 0 Å². The fourth-order valence-corrected chi connectivity index (χ4v) is 3.97. The van der Waals surface area contributed by atoms with Crippen LogP contribution in [0, 0.1) is 6.92 Å². The minimum atomic E-state index is -0.560. The van der Waals surface area contributed by atoms with Crippen LogP contribution in [-0.2, 0) is 16.1 Å². The zero-order valence-electron chi connectivity index (χ0n) is 18.2. The second kappa shape index (κ2) is 12.0. The first-order chi connectivity index (χ1) is 14.3. The monoisotopic (exact) mass is 446 g/mol. The molecule has 0 saturated carbocycles. The van der Waals surface area contributed by atoms with E-state index in [0.29, 0.717) is 23.7 Å². The maximum atomic E-state index is 13.1. The summed E-state index contributed by atoms with van der Waals surface area (Å²) in [6.45, 7) is 8.17. The van der Waals surface area contributed by atoms with E-state index in [0.717, 1.165) is 16.9 Å². The van der Waals surface area contributed by atoms with Crippen molar-refractivity contribution in [2.75, 3.05) is 5.75 Å². The van der Waals surface area contributed by atoms with Gasteiger partial charge < -0.3 is 10.2 Å². The summed E-state index contributed by atoms with van der Waals surface area (Å²) < 4.78 is 0. The van der Waals surface area contributed by atoms with Crippen molar-refractivity contribution in [3.05, 3.63) is 64.7 Å². The summed E-state index contributed by atoms with van der Waals surface area (Å²) in [5.74, 6) is 0.487. The number of amides is 2. The summed E-state index contributed by atoms with van der Waals surface area (Å²) in [6.07, 6.45) is 1.20. The van der Waals surface area contributed by atoms with E-state index in [1.54, 1.807) is 29.7 Å². The van der Waals surface area contributed by atoms with Crippen molar-refractivity contribution in [3.63, 3.8) is 0 Å². The van der Waals surface area contributed by atoms with E-state index < -0.39 is 6.04 Å². The number of hydrogen-bond acceptors (Lipinski definition) is 3. The molecule has 2 aromatic rings. The average Bonchev–Trinajstić information content (AvgIpc) is 2.72. The van der Waals surface area contributed by atoms with Crippen molar-refractivity contribution in [3.8, 4) is 0 Å². The van der Waals surface area contributed by atoms with Crippen LogP contribution in [0.25, 0.3) is 0 Å². The van der Waals surface area contributed by atoms with Crippen molar-refractivity contribution < 1.29 is 9.59 Å². The van der Waals surface area contributed by atoms with E-state index in [1.807, 2.05) is 32.0 Å². The second-order valence-corrected chi connectivity index (χ2v) is 9.16.